The number of aromatic amines is 1. The van der Waals surface area contributed by atoms with Crippen LogP contribution in [-0.4, -0.2) is 49.0 Å². The zero-order chi connectivity index (χ0) is 17.2. The molecular weight excluding hydrogens is 336 g/mol. The van der Waals surface area contributed by atoms with Crippen LogP contribution in [-0.2, 0) is 0 Å². The smallest absolute Gasteiger partial charge is 0.291 e. The van der Waals surface area contributed by atoms with Crippen molar-refractivity contribution in [2.45, 2.75) is 25.7 Å². The van der Waals surface area contributed by atoms with Gasteiger partial charge in [-0.1, -0.05) is 6.07 Å². The van der Waals surface area contributed by atoms with Gasteiger partial charge in [0.25, 0.3) is 5.91 Å². The summed E-state index contributed by atoms with van der Waals surface area (Å²) >= 11 is 1.67. The Morgan fingerprint density at radius 2 is 2.32 bits per heavy atom. The Morgan fingerprint density at radius 1 is 1.40 bits per heavy atom. The number of likely N-dealkylation sites (tertiary alicyclic amines) is 1. The molecule has 8 heteroatoms. The van der Waals surface area contributed by atoms with E-state index in [0.29, 0.717) is 6.54 Å². The van der Waals surface area contributed by atoms with Crippen LogP contribution in [0.4, 0.5) is 0 Å². The summed E-state index contributed by atoms with van der Waals surface area (Å²) in [5, 5.41) is 8.45. The van der Waals surface area contributed by atoms with Crippen molar-refractivity contribution in [1.82, 2.24) is 30.0 Å². The molecule has 25 heavy (non-hydrogen) atoms. The van der Waals surface area contributed by atoms with Crippen molar-refractivity contribution in [2.75, 3.05) is 13.1 Å². The predicted molar refractivity (Wildman–Crippen MR) is 94.3 cm³/mol. The van der Waals surface area contributed by atoms with E-state index in [1.165, 1.54) is 6.33 Å². The number of nitrogens with one attached hydrogen (secondary N) is 1. The fourth-order valence-electron chi connectivity index (χ4n) is 3.16. The van der Waals surface area contributed by atoms with Crippen LogP contribution in [0.3, 0.4) is 0 Å². The van der Waals surface area contributed by atoms with Gasteiger partial charge in [0, 0.05) is 24.7 Å². The molecule has 1 atom stereocenters. The van der Waals surface area contributed by atoms with Crippen molar-refractivity contribution in [3.63, 3.8) is 0 Å². The SMILES string of the molecule is Cc1cc(-c2cccs2)nc([C@@H]2CCCN(C(=O)c3ncn[nH]3)C2)n1. The quantitative estimate of drug-likeness (QED) is 0.781. The van der Waals surface area contributed by atoms with E-state index in [1.54, 1.807) is 11.3 Å². The minimum absolute atomic E-state index is 0.117. The monoisotopic (exact) mass is 354 g/mol. The fraction of sp³-hybridized carbons (Fsp3) is 0.353. The summed E-state index contributed by atoms with van der Waals surface area (Å²) in [7, 11) is 0. The van der Waals surface area contributed by atoms with Crippen molar-refractivity contribution in [2.24, 2.45) is 0 Å². The first-order chi connectivity index (χ1) is 12.2. The van der Waals surface area contributed by atoms with E-state index >= 15 is 0 Å². The molecule has 0 bridgehead atoms. The number of H-pyrrole nitrogens is 1. The van der Waals surface area contributed by atoms with Gasteiger partial charge in [0.05, 0.1) is 10.6 Å². The second kappa shape index (κ2) is 6.72. The maximum atomic E-state index is 12.5. The largest absolute Gasteiger partial charge is 0.335 e. The maximum absolute atomic E-state index is 12.5. The molecule has 0 unspecified atom stereocenters. The van der Waals surface area contributed by atoms with E-state index in [-0.39, 0.29) is 17.6 Å². The first-order valence-electron chi connectivity index (χ1n) is 8.25. The molecule has 1 amide bonds. The van der Waals surface area contributed by atoms with E-state index in [9.17, 15) is 4.79 Å². The third-order valence-electron chi connectivity index (χ3n) is 4.34. The van der Waals surface area contributed by atoms with E-state index in [2.05, 4.69) is 26.2 Å². The number of carbonyl (C=O) groups is 1. The summed E-state index contributed by atoms with van der Waals surface area (Å²) in [6.45, 7) is 3.31. The number of carbonyl (C=O) groups excluding carboxylic acids is 1. The lowest BCUT2D eigenvalue weighted by Crippen LogP contribution is -2.40. The molecule has 1 fully saturated rings. The molecule has 3 aromatic heterocycles. The van der Waals surface area contributed by atoms with Crippen LogP contribution < -0.4 is 0 Å². The summed E-state index contributed by atoms with van der Waals surface area (Å²) in [5.74, 6) is 1.12. The van der Waals surface area contributed by atoms with E-state index in [0.717, 1.165) is 41.5 Å². The van der Waals surface area contributed by atoms with Gasteiger partial charge in [-0.2, -0.15) is 5.10 Å². The molecule has 1 aliphatic heterocycles. The van der Waals surface area contributed by atoms with Crippen molar-refractivity contribution in [3.05, 3.63) is 47.2 Å². The number of hydrogen-bond donors (Lipinski definition) is 1. The maximum Gasteiger partial charge on any atom is 0.291 e. The molecule has 128 valence electrons. The number of hydrogen-bond acceptors (Lipinski definition) is 6. The topological polar surface area (TPSA) is 87.7 Å². The minimum Gasteiger partial charge on any atom is -0.335 e. The number of aromatic nitrogens is 5. The Kier molecular flexibility index (Phi) is 4.27. The Labute approximate surface area is 149 Å². The molecule has 4 rings (SSSR count). The van der Waals surface area contributed by atoms with E-state index in [4.69, 9.17) is 4.98 Å². The molecule has 0 aromatic carbocycles. The number of aryl methyl sites for hydroxylation is 1. The average Bonchev–Trinajstić information content (AvgIpc) is 3.34. The highest BCUT2D eigenvalue weighted by atomic mass is 32.1. The fourth-order valence-corrected chi connectivity index (χ4v) is 3.84. The van der Waals surface area contributed by atoms with Gasteiger partial charge in [-0.15, -0.1) is 11.3 Å². The third-order valence-corrected chi connectivity index (χ3v) is 5.23. The molecule has 3 aromatic rings. The first-order valence-corrected chi connectivity index (χ1v) is 9.13. The second-order valence-corrected chi connectivity index (χ2v) is 7.10. The van der Waals surface area contributed by atoms with E-state index in [1.807, 2.05) is 29.3 Å². The average molecular weight is 354 g/mol. The molecule has 0 saturated carbocycles. The summed E-state index contributed by atoms with van der Waals surface area (Å²) in [6, 6.07) is 6.10. The van der Waals surface area contributed by atoms with Gasteiger partial charge in [0.15, 0.2) is 0 Å². The molecule has 0 spiro atoms. The molecule has 1 saturated heterocycles. The molecule has 0 aliphatic carbocycles. The normalized spacial score (nSPS) is 17.6. The van der Waals surface area contributed by atoms with Crippen LogP contribution in [0.5, 0.6) is 0 Å². The van der Waals surface area contributed by atoms with Crippen LogP contribution in [0.15, 0.2) is 29.9 Å². The molecule has 4 heterocycles. The van der Waals surface area contributed by atoms with Gasteiger partial charge in [-0.25, -0.2) is 15.0 Å². The minimum atomic E-state index is -0.117. The van der Waals surface area contributed by atoms with Crippen molar-refractivity contribution < 1.29 is 4.79 Å². The lowest BCUT2D eigenvalue weighted by Gasteiger charge is -2.31. The number of rotatable bonds is 3. The van der Waals surface area contributed by atoms with Gasteiger partial charge in [-0.05, 0) is 37.3 Å². The number of thiophene rings is 1. The molecule has 1 aliphatic rings. The van der Waals surface area contributed by atoms with Gasteiger partial charge in [-0.3, -0.25) is 9.89 Å². The highest BCUT2D eigenvalue weighted by Crippen LogP contribution is 2.29. The van der Waals surface area contributed by atoms with Gasteiger partial charge >= 0.3 is 0 Å². The van der Waals surface area contributed by atoms with Crippen molar-refractivity contribution in [1.29, 1.82) is 0 Å². The molecule has 7 nitrogen and oxygen atoms in total. The molecule has 1 N–H and O–H groups in total. The number of amides is 1. The molecule has 0 radical (unpaired) electrons. The van der Waals surface area contributed by atoms with Crippen molar-refractivity contribution in [3.8, 4) is 10.6 Å². The Morgan fingerprint density at radius 3 is 3.08 bits per heavy atom. The second-order valence-electron chi connectivity index (χ2n) is 6.15. The number of nitrogens with zero attached hydrogens (tertiary/aromatic N) is 5. The summed E-state index contributed by atoms with van der Waals surface area (Å²) < 4.78 is 0. The third kappa shape index (κ3) is 3.30. The Bertz CT molecular complexity index is 861. The van der Waals surface area contributed by atoms with Gasteiger partial charge in [0.1, 0.15) is 12.2 Å². The lowest BCUT2D eigenvalue weighted by atomic mass is 9.96. The van der Waals surface area contributed by atoms with Crippen LogP contribution in [0.1, 0.15) is 40.9 Å². The Hall–Kier alpha value is -2.61. The van der Waals surface area contributed by atoms with Crippen LogP contribution >= 0.6 is 11.3 Å². The van der Waals surface area contributed by atoms with Gasteiger partial charge < -0.3 is 4.90 Å². The van der Waals surface area contributed by atoms with Crippen molar-refractivity contribution >= 4 is 17.2 Å². The first kappa shape index (κ1) is 15.9. The van der Waals surface area contributed by atoms with Crippen LogP contribution in [0, 0.1) is 6.92 Å². The number of piperidine rings is 1. The summed E-state index contributed by atoms with van der Waals surface area (Å²) in [4.78, 5) is 28.8. The van der Waals surface area contributed by atoms with Crippen LogP contribution in [0.25, 0.3) is 10.6 Å². The highest BCUT2D eigenvalue weighted by molar-refractivity contribution is 7.13. The summed E-state index contributed by atoms with van der Waals surface area (Å²) in [5.41, 5.74) is 1.91. The predicted octanol–water partition coefficient (Wildman–Crippen LogP) is 2.65. The van der Waals surface area contributed by atoms with Crippen LogP contribution in [0.2, 0.25) is 0 Å². The molecular formula is C17H18N6OS. The zero-order valence-corrected chi connectivity index (χ0v) is 14.7. The highest BCUT2D eigenvalue weighted by Gasteiger charge is 2.28. The standard InChI is InChI=1S/C17H18N6OS/c1-11-8-13(14-5-3-7-25-14)21-15(20-11)12-4-2-6-23(9-12)17(24)16-18-10-19-22-16/h3,5,7-8,10,12H,2,4,6,9H2,1H3,(H,18,19,22)/t12-/m1/s1. The van der Waals surface area contributed by atoms with E-state index < -0.39 is 0 Å². The van der Waals surface area contributed by atoms with Gasteiger partial charge in [0.2, 0.25) is 5.82 Å². The lowest BCUT2D eigenvalue weighted by molar-refractivity contribution is 0.0692. The zero-order valence-electron chi connectivity index (χ0n) is 13.8. The summed E-state index contributed by atoms with van der Waals surface area (Å²) in [6.07, 6.45) is 3.26. The Balaban J connectivity index is 1.58.